The van der Waals surface area contributed by atoms with Crippen molar-refractivity contribution in [3.8, 4) is 0 Å². The van der Waals surface area contributed by atoms with Gasteiger partial charge >= 0.3 is 17.5 Å². The SMILES string of the molecule is O=C(Cl)OC1CCN(C(=O)C(F)(F)F)C1. The monoisotopic (exact) mass is 245 g/mol. The molecule has 0 N–H and O–H groups in total. The Morgan fingerprint density at radius 1 is 1.40 bits per heavy atom. The highest BCUT2D eigenvalue weighted by atomic mass is 35.5. The quantitative estimate of drug-likeness (QED) is 0.658. The van der Waals surface area contributed by atoms with Gasteiger partial charge in [0.05, 0.1) is 6.54 Å². The van der Waals surface area contributed by atoms with E-state index in [2.05, 4.69) is 4.74 Å². The van der Waals surface area contributed by atoms with E-state index in [4.69, 9.17) is 11.6 Å². The Morgan fingerprint density at radius 2 is 2.00 bits per heavy atom. The molecule has 0 aromatic carbocycles. The lowest BCUT2D eigenvalue weighted by Gasteiger charge is -2.17. The Hall–Kier alpha value is -0.980. The number of hydrogen-bond acceptors (Lipinski definition) is 3. The van der Waals surface area contributed by atoms with E-state index in [9.17, 15) is 22.8 Å². The average molecular weight is 246 g/mol. The summed E-state index contributed by atoms with van der Waals surface area (Å²) in [6.45, 7) is -0.357. The Labute approximate surface area is 87.9 Å². The van der Waals surface area contributed by atoms with Crippen LogP contribution >= 0.6 is 11.6 Å². The molecule has 1 amide bonds. The van der Waals surface area contributed by atoms with Crippen LogP contribution in [0.3, 0.4) is 0 Å². The van der Waals surface area contributed by atoms with Gasteiger partial charge in [0.2, 0.25) is 0 Å². The predicted molar refractivity (Wildman–Crippen MR) is 43.4 cm³/mol. The maximum atomic E-state index is 12.0. The van der Waals surface area contributed by atoms with Crippen LogP contribution in [0.4, 0.5) is 18.0 Å². The standard InChI is InChI=1S/C7H7ClF3NO3/c8-6(14)15-4-1-2-12(3-4)5(13)7(9,10)11/h4H,1-3H2. The van der Waals surface area contributed by atoms with E-state index >= 15 is 0 Å². The van der Waals surface area contributed by atoms with Gasteiger partial charge < -0.3 is 9.64 Å². The van der Waals surface area contributed by atoms with Crippen LogP contribution in [-0.4, -0.2) is 41.6 Å². The zero-order chi connectivity index (χ0) is 11.6. The maximum absolute atomic E-state index is 12.0. The van der Waals surface area contributed by atoms with Gasteiger partial charge in [-0.15, -0.1) is 0 Å². The number of ether oxygens (including phenoxy) is 1. The summed E-state index contributed by atoms with van der Waals surface area (Å²) < 4.78 is 40.4. The molecule has 0 spiro atoms. The van der Waals surface area contributed by atoms with Gasteiger partial charge in [0.25, 0.3) is 0 Å². The van der Waals surface area contributed by atoms with E-state index in [1.807, 2.05) is 0 Å². The van der Waals surface area contributed by atoms with Crippen molar-refractivity contribution in [2.45, 2.75) is 18.7 Å². The molecule has 1 unspecified atom stereocenters. The molecule has 0 radical (unpaired) electrons. The minimum Gasteiger partial charge on any atom is -0.448 e. The van der Waals surface area contributed by atoms with Crippen LogP contribution < -0.4 is 0 Å². The lowest BCUT2D eigenvalue weighted by Crippen LogP contribution is -2.40. The summed E-state index contributed by atoms with van der Waals surface area (Å²) in [7, 11) is 0. The molecular formula is C7H7ClF3NO3. The molecule has 8 heteroatoms. The van der Waals surface area contributed by atoms with Crippen molar-refractivity contribution in [2.24, 2.45) is 0 Å². The molecule has 1 fully saturated rings. The Bertz CT molecular complexity index is 281. The second-order valence-corrected chi connectivity index (χ2v) is 3.32. The molecule has 1 aliphatic rings. The van der Waals surface area contributed by atoms with Crippen molar-refractivity contribution in [3.05, 3.63) is 0 Å². The lowest BCUT2D eigenvalue weighted by molar-refractivity contribution is -0.184. The van der Waals surface area contributed by atoms with E-state index in [1.165, 1.54) is 0 Å². The van der Waals surface area contributed by atoms with Crippen molar-refractivity contribution in [1.82, 2.24) is 4.90 Å². The Morgan fingerprint density at radius 3 is 2.47 bits per heavy atom. The van der Waals surface area contributed by atoms with Crippen molar-refractivity contribution >= 4 is 22.9 Å². The zero-order valence-electron chi connectivity index (χ0n) is 7.38. The fraction of sp³-hybridized carbons (Fsp3) is 0.714. The van der Waals surface area contributed by atoms with Gasteiger partial charge in [-0.05, 0) is 0 Å². The number of alkyl halides is 3. The van der Waals surface area contributed by atoms with Crippen molar-refractivity contribution in [2.75, 3.05) is 13.1 Å². The van der Waals surface area contributed by atoms with E-state index in [1.54, 1.807) is 0 Å². The number of nitrogens with zero attached hydrogens (tertiary/aromatic N) is 1. The Balaban J connectivity index is 2.50. The van der Waals surface area contributed by atoms with Crippen molar-refractivity contribution in [3.63, 3.8) is 0 Å². The van der Waals surface area contributed by atoms with Gasteiger partial charge in [-0.25, -0.2) is 4.79 Å². The van der Waals surface area contributed by atoms with Crippen LogP contribution in [-0.2, 0) is 9.53 Å². The number of halogens is 4. The van der Waals surface area contributed by atoms with Crippen LogP contribution in [0.5, 0.6) is 0 Å². The summed E-state index contributed by atoms with van der Waals surface area (Å²) >= 11 is 4.89. The summed E-state index contributed by atoms with van der Waals surface area (Å²) in [4.78, 5) is 21.6. The van der Waals surface area contributed by atoms with Crippen LogP contribution in [0, 0.1) is 0 Å². The van der Waals surface area contributed by atoms with E-state index in [0.29, 0.717) is 4.90 Å². The molecule has 1 aliphatic heterocycles. The largest absolute Gasteiger partial charge is 0.471 e. The number of rotatable bonds is 1. The first-order valence-electron chi connectivity index (χ1n) is 4.03. The van der Waals surface area contributed by atoms with Gasteiger partial charge in [0, 0.05) is 24.6 Å². The molecule has 15 heavy (non-hydrogen) atoms. The fourth-order valence-corrected chi connectivity index (χ4v) is 1.45. The molecule has 1 heterocycles. The van der Waals surface area contributed by atoms with Gasteiger partial charge in [0.15, 0.2) is 0 Å². The van der Waals surface area contributed by atoms with Gasteiger partial charge in [-0.2, -0.15) is 13.2 Å². The van der Waals surface area contributed by atoms with Crippen LogP contribution in [0.2, 0.25) is 0 Å². The van der Waals surface area contributed by atoms with Crippen LogP contribution in [0.15, 0.2) is 0 Å². The lowest BCUT2D eigenvalue weighted by atomic mass is 10.3. The molecule has 0 aromatic rings. The molecule has 0 bridgehead atoms. The topological polar surface area (TPSA) is 46.6 Å². The summed E-state index contributed by atoms with van der Waals surface area (Å²) in [6, 6.07) is 0. The zero-order valence-corrected chi connectivity index (χ0v) is 8.14. The third-order valence-electron chi connectivity index (χ3n) is 1.93. The second kappa shape index (κ2) is 4.26. The first-order chi connectivity index (χ1) is 6.80. The second-order valence-electron chi connectivity index (χ2n) is 3.02. The van der Waals surface area contributed by atoms with Crippen molar-refractivity contribution in [1.29, 1.82) is 0 Å². The maximum Gasteiger partial charge on any atom is 0.471 e. The van der Waals surface area contributed by atoms with Gasteiger partial charge in [-0.1, -0.05) is 0 Å². The molecule has 1 atom stereocenters. The molecule has 4 nitrogen and oxygen atoms in total. The molecule has 0 saturated carbocycles. The van der Waals surface area contributed by atoms with Crippen LogP contribution in [0.25, 0.3) is 0 Å². The molecule has 1 rings (SSSR count). The first-order valence-corrected chi connectivity index (χ1v) is 4.40. The summed E-state index contributed by atoms with van der Waals surface area (Å²) in [5.41, 5.74) is -1.08. The summed E-state index contributed by atoms with van der Waals surface area (Å²) in [5.74, 6) is -1.92. The number of carbonyl (C=O) groups excluding carboxylic acids is 2. The predicted octanol–water partition coefficient (Wildman–Crippen LogP) is 1.52. The van der Waals surface area contributed by atoms with Gasteiger partial charge in [-0.3, -0.25) is 4.79 Å². The molecule has 0 aromatic heterocycles. The molecular weight excluding hydrogens is 239 g/mol. The fourth-order valence-electron chi connectivity index (χ4n) is 1.32. The number of hydrogen-bond donors (Lipinski definition) is 0. The third kappa shape index (κ3) is 3.26. The normalized spacial score (nSPS) is 21.6. The number of amides is 1. The van der Waals surface area contributed by atoms with Crippen LogP contribution in [0.1, 0.15) is 6.42 Å². The third-order valence-corrected chi connectivity index (χ3v) is 2.02. The smallest absolute Gasteiger partial charge is 0.448 e. The molecule has 86 valence electrons. The van der Waals surface area contributed by atoms with E-state index in [-0.39, 0.29) is 19.5 Å². The molecule has 0 aliphatic carbocycles. The molecule has 1 saturated heterocycles. The highest BCUT2D eigenvalue weighted by Crippen LogP contribution is 2.22. The highest BCUT2D eigenvalue weighted by Gasteiger charge is 2.45. The van der Waals surface area contributed by atoms with E-state index in [0.717, 1.165) is 0 Å². The highest BCUT2D eigenvalue weighted by molar-refractivity contribution is 6.61. The number of likely N-dealkylation sites (tertiary alicyclic amines) is 1. The minimum absolute atomic E-state index is 0.0901. The average Bonchev–Trinajstić information content (AvgIpc) is 2.48. The van der Waals surface area contributed by atoms with E-state index < -0.39 is 23.6 Å². The summed E-state index contributed by atoms with van der Waals surface area (Å²) in [6.07, 6.45) is -5.47. The first kappa shape index (κ1) is 12.1. The Kier molecular flexibility index (Phi) is 3.43. The minimum atomic E-state index is -4.89. The number of carbonyl (C=O) groups is 2. The summed E-state index contributed by atoms with van der Waals surface area (Å²) in [5, 5.41) is 0. The van der Waals surface area contributed by atoms with Gasteiger partial charge in [0.1, 0.15) is 6.10 Å². The van der Waals surface area contributed by atoms with Crippen molar-refractivity contribution < 1.29 is 27.5 Å².